The van der Waals surface area contributed by atoms with Crippen LogP contribution in [0.15, 0.2) is 30.3 Å². The summed E-state index contributed by atoms with van der Waals surface area (Å²) in [6, 6.07) is 9.27. The second-order valence-electron chi connectivity index (χ2n) is 3.60. The van der Waals surface area contributed by atoms with Gasteiger partial charge in [0.2, 0.25) is 0 Å². The fourth-order valence-corrected chi connectivity index (χ4v) is 1.33. The molecule has 0 aliphatic carbocycles. The molecule has 0 radical (unpaired) electrons. The minimum atomic E-state index is -1.11. The van der Waals surface area contributed by atoms with Crippen LogP contribution in [0.4, 0.5) is 0 Å². The van der Waals surface area contributed by atoms with Crippen LogP contribution in [0, 0.1) is 5.92 Å². The van der Waals surface area contributed by atoms with E-state index in [-0.39, 0.29) is 12.5 Å². The highest BCUT2D eigenvalue weighted by Gasteiger charge is 2.31. The molecule has 72 valence electrons. The van der Waals surface area contributed by atoms with Crippen molar-refractivity contribution in [3.8, 4) is 0 Å². The van der Waals surface area contributed by atoms with Crippen LogP contribution >= 0.6 is 0 Å². The van der Waals surface area contributed by atoms with Gasteiger partial charge in [0.15, 0.2) is 0 Å². The zero-order valence-electron chi connectivity index (χ0n) is 8.07. The van der Waals surface area contributed by atoms with Gasteiger partial charge in [0.25, 0.3) is 0 Å². The van der Waals surface area contributed by atoms with Crippen LogP contribution < -0.4 is 0 Å². The van der Waals surface area contributed by atoms with Gasteiger partial charge in [0.05, 0.1) is 6.61 Å². The first kappa shape index (κ1) is 10.2. The van der Waals surface area contributed by atoms with Crippen molar-refractivity contribution < 1.29 is 10.2 Å². The Balaban J connectivity index is 3.03. The molecule has 0 saturated carbocycles. The molecule has 1 rings (SSSR count). The molecule has 0 aromatic heterocycles. The smallest absolute Gasteiger partial charge is 0.115 e. The van der Waals surface area contributed by atoms with Crippen LogP contribution in [0.3, 0.4) is 0 Å². The third kappa shape index (κ3) is 1.90. The van der Waals surface area contributed by atoms with Gasteiger partial charge in [-0.2, -0.15) is 0 Å². The molecular weight excluding hydrogens is 164 g/mol. The summed E-state index contributed by atoms with van der Waals surface area (Å²) in [7, 11) is 0. The fraction of sp³-hybridized carbons (Fsp3) is 0.455. The van der Waals surface area contributed by atoms with Crippen LogP contribution in [0.1, 0.15) is 19.4 Å². The van der Waals surface area contributed by atoms with Crippen molar-refractivity contribution in [2.75, 3.05) is 6.61 Å². The summed E-state index contributed by atoms with van der Waals surface area (Å²) < 4.78 is 0. The number of rotatable bonds is 3. The molecule has 0 saturated heterocycles. The first-order valence-electron chi connectivity index (χ1n) is 4.50. The summed E-state index contributed by atoms with van der Waals surface area (Å²) in [5.74, 6) is -0.0000926. The molecule has 1 aromatic rings. The van der Waals surface area contributed by atoms with Crippen LogP contribution in [-0.4, -0.2) is 16.8 Å². The minimum Gasteiger partial charge on any atom is -0.393 e. The Morgan fingerprint density at radius 1 is 1.23 bits per heavy atom. The van der Waals surface area contributed by atoms with Crippen LogP contribution in [0.25, 0.3) is 0 Å². The van der Waals surface area contributed by atoms with Gasteiger partial charge in [0, 0.05) is 0 Å². The molecule has 1 aromatic carbocycles. The van der Waals surface area contributed by atoms with Crippen molar-refractivity contribution in [1.29, 1.82) is 0 Å². The Hall–Kier alpha value is -0.860. The number of aliphatic hydroxyl groups is 2. The van der Waals surface area contributed by atoms with Crippen LogP contribution in [0.5, 0.6) is 0 Å². The lowest BCUT2D eigenvalue weighted by Gasteiger charge is -2.30. The first-order valence-corrected chi connectivity index (χ1v) is 4.50. The highest BCUT2D eigenvalue weighted by atomic mass is 16.3. The Morgan fingerprint density at radius 3 is 2.15 bits per heavy atom. The highest BCUT2D eigenvalue weighted by Crippen LogP contribution is 2.28. The molecule has 0 spiro atoms. The van der Waals surface area contributed by atoms with Gasteiger partial charge in [-0.15, -0.1) is 0 Å². The molecular formula is C11H16O2. The monoisotopic (exact) mass is 180 g/mol. The minimum absolute atomic E-state index is 0.0000926. The second-order valence-corrected chi connectivity index (χ2v) is 3.60. The third-order valence-electron chi connectivity index (χ3n) is 2.47. The van der Waals surface area contributed by atoms with Crippen molar-refractivity contribution in [2.24, 2.45) is 5.92 Å². The number of aliphatic hydroxyl groups excluding tert-OH is 1. The second kappa shape index (κ2) is 3.90. The zero-order valence-corrected chi connectivity index (χ0v) is 8.07. The average molecular weight is 180 g/mol. The largest absolute Gasteiger partial charge is 0.393 e. The molecule has 1 unspecified atom stereocenters. The molecule has 1 atom stereocenters. The van der Waals surface area contributed by atoms with Crippen LogP contribution in [-0.2, 0) is 5.60 Å². The average Bonchev–Trinajstić information content (AvgIpc) is 2.17. The van der Waals surface area contributed by atoms with E-state index < -0.39 is 5.60 Å². The van der Waals surface area contributed by atoms with E-state index in [0.717, 1.165) is 5.56 Å². The van der Waals surface area contributed by atoms with Gasteiger partial charge in [0.1, 0.15) is 5.60 Å². The molecule has 0 aliphatic heterocycles. The normalized spacial score (nSPS) is 15.8. The SMILES string of the molecule is CC(C)C(O)(CO)c1ccccc1. The Kier molecular flexibility index (Phi) is 3.07. The highest BCUT2D eigenvalue weighted by molar-refractivity contribution is 5.22. The van der Waals surface area contributed by atoms with E-state index in [9.17, 15) is 5.11 Å². The van der Waals surface area contributed by atoms with E-state index in [0.29, 0.717) is 0 Å². The lowest BCUT2D eigenvalue weighted by atomic mass is 9.84. The van der Waals surface area contributed by atoms with Crippen molar-refractivity contribution in [1.82, 2.24) is 0 Å². The van der Waals surface area contributed by atoms with Gasteiger partial charge in [-0.1, -0.05) is 44.2 Å². The third-order valence-corrected chi connectivity index (χ3v) is 2.47. The molecule has 2 heteroatoms. The van der Waals surface area contributed by atoms with Gasteiger partial charge in [-0.25, -0.2) is 0 Å². The lowest BCUT2D eigenvalue weighted by Crippen LogP contribution is -2.35. The first-order chi connectivity index (χ1) is 6.11. The predicted octanol–water partition coefficient (Wildman–Crippen LogP) is 1.52. The molecule has 0 amide bonds. The van der Waals surface area contributed by atoms with Gasteiger partial charge in [-0.3, -0.25) is 0 Å². The van der Waals surface area contributed by atoms with Crippen molar-refractivity contribution >= 4 is 0 Å². The molecule has 13 heavy (non-hydrogen) atoms. The summed E-state index contributed by atoms with van der Waals surface area (Å²) in [6.45, 7) is 3.54. The Bertz CT molecular complexity index is 256. The van der Waals surface area contributed by atoms with E-state index >= 15 is 0 Å². The predicted molar refractivity (Wildman–Crippen MR) is 52.3 cm³/mol. The molecule has 0 aliphatic rings. The molecule has 2 nitrogen and oxygen atoms in total. The van der Waals surface area contributed by atoms with Gasteiger partial charge < -0.3 is 10.2 Å². The molecule has 2 N–H and O–H groups in total. The van der Waals surface area contributed by atoms with Crippen molar-refractivity contribution in [3.63, 3.8) is 0 Å². The summed E-state index contributed by atoms with van der Waals surface area (Å²) in [5.41, 5.74) is -0.339. The maximum Gasteiger partial charge on any atom is 0.115 e. The standard InChI is InChI=1S/C11H16O2/c1-9(2)11(13,8-12)10-6-4-3-5-7-10/h3-7,9,12-13H,8H2,1-2H3. The summed E-state index contributed by atoms with van der Waals surface area (Å²) in [4.78, 5) is 0. The van der Waals surface area contributed by atoms with Crippen LogP contribution in [0.2, 0.25) is 0 Å². The van der Waals surface area contributed by atoms with E-state index in [4.69, 9.17) is 5.11 Å². The topological polar surface area (TPSA) is 40.5 Å². The molecule has 0 bridgehead atoms. The van der Waals surface area contributed by atoms with Gasteiger partial charge >= 0.3 is 0 Å². The fourth-order valence-electron chi connectivity index (χ4n) is 1.33. The maximum absolute atomic E-state index is 10.1. The number of hydrogen-bond donors (Lipinski definition) is 2. The Morgan fingerprint density at radius 2 is 1.77 bits per heavy atom. The summed E-state index contributed by atoms with van der Waals surface area (Å²) in [6.07, 6.45) is 0. The van der Waals surface area contributed by atoms with E-state index in [1.165, 1.54) is 0 Å². The quantitative estimate of drug-likeness (QED) is 0.740. The Labute approximate surface area is 78.8 Å². The van der Waals surface area contributed by atoms with E-state index in [1.807, 2.05) is 44.2 Å². The molecule has 0 heterocycles. The maximum atomic E-state index is 10.1. The van der Waals surface area contributed by atoms with Gasteiger partial charge in [-0.05, 0) is 11.5 Å². The van der Waals surface area contributed by atoms with E-state index in [1.54, 1.807) is 0 Å². The number of hydrogen-bond acceptors (Lipinski definition) is 2. The summed E-state index contributed by atoms with van der Waals surface area (Å²) in [5, 5.41) is 19.3. The number of benzene rings is 1. The zero-order chi connectivity index (χ0) is 9.90. The van der Waals surface area contributed by atoms with Crippen molar-refractivity contribution in [2.45, 2.75) is 19.4 Å². The summed E-state index contributed by atoms with van der Waals surface area (Å²) >= 11 is 0. The van der Waals surface area contributed by atoms with E-state index in [2.05, 4.69) is 0 Å². The van der Waals surface area contributed by atoms with Crippen molar-refractivity contribution in [3.05, 3.63) is 35.9 Å². The lowest BCUT2D eigenvalue weighted by molar-refractivity contribution is -0.0568. The molecule has 0 fully saturated rings.